The second kappa shape index (κ2) is 14.9. The molecule has 0 amide bonds. The minimum atomic E-state index is 0.453. The Kier molecular flexibility index (Phi) is 19.8. The van der Waals surface area contributed by atoms with Gasteiger partial charge in [-0.05, 0) is 38.4 Å². The summed E-state index contributed by atoms with van der Waals surface area (Å²) in [5.41, 5.74) is 6.17. The van der Waals surface area contributed by atoms with E-state index >= 15 is 0 Å². The van der Waals surface area contributed by atoms with E-state index in [1.807, 2.05) is 41.5 Å². The molecule has 0 aromatic rings. The maximum Gasteiger partial charge on any atom is 0.00474 e. The molecule has 102 valence electrons. The van der Waals surface area contributed by atoms with Gasteiger partial charge in [-0.2, -0.15) is 0 Å². The van der Waals surface area contributed by atoms with Crippen molar-refractivity contribution in [1.29, 1.82) is 0 Å². The first-order valence-electron chi connectivity index (χ1n) is 7.11. The van der Waals surface area contributed by atoms with Gasteiger partial charge in [-0.25, -0.2) is 0 Å². The quantitative estimate of drug-likeness (QED) is 0.785. The zero-order valence-electron chi connectivity index (χ0n) is 13.1. The van der Waals surface area contributed by atoms with E-state index in [4.69, 9.17) is 5.73 Å². The Morgan fingerprint density at radius 1 is 1.06 bits per heavy atom. The molecule has 1 heterocycles. The van der Waals surface area contributed by atoms with Gasteiger partial charge in [-0.1, -0.05) is 48.5 Å². The molecule has 2 nitrogen and oxygen atoms in total. The SMILES string of the molecule is CC.CC.CC.CCC1(CN)CCN(C)C1. The molecule has 1 rings (SSSR count). The molecule has 0 saturated carbocycles. The van der Waals surface area contributed by atoms with Gasteiger partial charge in [0.05, 0.1) is 0 Å². The first-order valence-corrected chi connectivity index (χ1v) is 7.11. The molecule has 1 aliphatic rings. The van der Waals surface area contributed by atoms with Crippen molar-refractivity contribution in [2.75, 3.05) is 26.7 Å². The number of hydrogen-bond acceptors (Lipinski definition) is 2. The van der Waals surface area contributed by atoms with Gasteiger partial charge < -0.3 is 10.6 Å². The zero-order valence-corrected chi connectivity index (χ0v) is 13.1. The van der Waals surface area contributed by atoms with E-state index in [1.165, 1.54) is 25.9 Å². The molecule has 1 unspecified atom stereocenters. The molecule has 0 radical (unpaired) electrons. The predicted molar refractivity (Wildman–Crippen MR) is 77.9 cm³/mol. The van der Waals surface area contributed by atoms with Crippen molar-refractivity contribution in [3.05, 3.63) is 0 Å². The van der Waals surface area contributed by atoms with Crippen LogP contribution in [-0.4, -0.2) is 31.6 Å². The summed E-state index contributed by atoms with van der Waals surface area (Å²) in [6, 6.07) is 0. The lowest BCUT2D eigenvalue weighted by Crippen LogP contribution is -2.32. The molecule has 0 aliphatic carbocycles. The molecule has 1 atom stereocenters. The second-order valence-corrected chi connectivity index (χ2v) is 3.55. The van der Waals surface area contributed by atoms with Crippen LogP contribution in [0.25, 0.3) is 0 Å². The van der Waals surface area contributed by atoms with Crippen LogP contribution < -0.4 is 5.73 Å². The Morgan fingerprint density at radius 3 is 1.62 bits per heavy atom. The van der Waals surface area contributed by atoms with Crippen LogP contribution >= 0.6 is 0 Å². The maximum absolute atomic E-state index is 5.71. The third kappa shape index (κ3) is 8.12. The maximum atomic E-state index is 5.71. The number of rotatable bonds is 2. The molecule has 2 heteroatoms. The van der Waals surface area contributed by atoms with Gasteiger partial charge in [0.25, 0.3) is 0 Å². The molecular weight excluding hydrogens is 196 g/mol. The van der Waals surface area contributed by atoms with Gasteiger partial charge in [0.1, 0.15) is 0 Å². The molecule has 0 aromatic carbocycles. The van der Waals surface area contributed by atoms with E-state index < -0.39 is 0 Å². The third-order valence-corrected chi connectivity index (χ3v) is 2.81. The average molecular weight is 232 g/mol. The monoisotopic (exact) mass is 232 g/mol. The summed E-state index contributed by atoms with van der Waals surface area (Å²) in [4.78, 5) is 2.37. The highest BCUT2D eigenvalue weighted by Gasteiger charge is 2.33. The number of nitrogens with two attached hydrogens (primary N) is 1. The van der Waals surface area contributed by atoms with Gasteiger partial charge in [-0.3, -0.25) is 0 Å². The van der Waals surface area contributed by atoms with Crippen LogP contribution in [0.2, 0.25) is 0 Å². The molecule has 1 aliphatic heterocycles. The molecular formula is C14H36N2. The smallest absolute Gasteiger partial charge is 0.00474 e. The van der Waals surface area contributed by atoms with Crippen LogP contribution in [0.5, 0.6) is 0 Å². The Balaban J connectivity index is -0.000000245. The van der Waals surface area contributed by atoms with Crippen molar-refractivity contribution in [3.63, 3.8) is 0 Å². The molecule has 0 bridgehead atoms. The highest BCUT2D eigenvalue weighted by Crippen LogP contribution is 2.31. The minimum Gasteiger partial charge on any atom is -0.330 e. The normalized spacial score (nSPS) is 23.1. The molecule has 0 spiro atoms. The molecule has 1 saturated heterocycles. The fourth-order valence-corrected chi connectivity index (χ4v) is 1.76. The standard InChI is InChI=1S/C8H18N2.3C2H6/c1-3-8(6-9)4-5-10(2)7-8;3*1-2/h3-7,9H2,1-2H3;3*1-2H3. The van der Waals surface area contributed by atoms with E-state index in [0.29, 0.717) is 5.41 Å². The Bertz CT molecular complexity index is 109. The first kappa shape index (κ1) is 21.2. The number of likely N-dealkylation sites (tertiary alicyclic amines) is 1. The van der Waals surface area contributed by atoms with E-state index in [0.717, 1.165) is 6.54 Å². The zero-order chi connectivity index (χ0) is 13.6. The van der Waals surface area contributed by atoms with E-state index in [9.17, 15) is 0 Å². The molecule has 1 fully saturated rings. The average Bonchev–Trinajstić information content (AvgIpc) is 2.79. The summed E-state index contributed by atoms with van der Waals surface area (Å²) in [7, 11) is 2.17. The van der Waals surface area contributed by atoms with Crippen LogP contribution in [0.3, 0.4) is 0 Å². The van der Waals surface area contributed by atoms with Gasteiger partial charge >= 0.3 is 0 Å². The molecule has 2 N–H and O–H groups in total. The lowest BCUT2D eigenvalue weighted by Gasteiger charge is -2.24. The topological polar surface area (TPSA) is 29.3 Å². The Labute approximate surface area is 105 Å². The summed E-state index contributed by atoms with van der Waals surface area (Å²) >= 11 is 0. The van der Waals surface area contributed by atoms with Gasteiger partial charge in [0.15, 0.2) is 0 Å². The van der Waals surface area contributed by atoms with Crippen LogP contribution in [-0.2, 0) is 0 Å². The van der Waals surface area contributed by atoms with Crippen LogP contribution in [0, 0.1) is 5.41 Å². The van der Waals surface area contributed by atoms with Gasteiger partial charge in [-0.15, -0.1) is 0 Å². The van der Waals surface area contributed by atoms with E-state index in [-0.39, 0.29) is 0 Å². The summed E-state index contributed by atoms with van der Waals surface area (Å²) in [5.74, 6) is 0. The fraction of sp³-hybridized carbons (Fsp3) is 1.00. The van der Waals surface area contributed by atoms with Crippen LogP contribution in [0.1, 0.15) is 61.3 Å². The van der Waals surface area contributed by atoms with E-state index in [1.54, 1.807) is 0 Å². The predicted octanol–water partition coefficient (Wildman–Crippen LogP) is 3.76. The number of hydrogen-bond donors (Lipinski definition) is 1. The lowest BCUT2D eigenvalue weighted by atomic mass is 9.85. The van der Waals surface area contributed by atoms with E-state index in [2.05, 4.69) is 18.9 Å². The van der Waals surface area contributed by atoms with Crippen LogP contribution in [0.15, 0.2) is 0 Å². The summed E-state index contributed by atoms with van der Waals surface area (Å²) < 4.78 is 0. The van der Waals surface area contributed by atoms with Crippen molar-refractivity contribution in [3.8, 4) is 0 Å². The fourth-order valence-electron chi connectivity index (χ4n) is 1.76. The highest BCUT2D eigenvalue weighted by atomic mass is 15.1. The second-order valence-electron chi connectivity index (χ2n) is 3.55. The molecule has 0 aromatic heterocycles. The summed E-state index contributed by atoms with van der Waals surface area (Å²) in [6.45, 7) is 17.5. The molecule has 16 heavy (non-hydrogen) atoms. The Morgan fingerprint density at radius 2 is 1.50 bits per heavy atom. The first-order chi connectivity index (χ1) is 7.72. The number of nitrogens with zero attached hydrogens (tertiary/aromatic N) is 1. The third-order valence-electron chi connectivity index (χ3n) is 2.81. The van der Waals surface area contributed by atoms with Crippen molar-refractivity contribution in [2.24, 2.45) is 11.1 Å². The van der Waals surface area contributed by atoms with Crippen molar-refractivity contribution in [1.82, 2.24) is 4.90 Å². The van der Waals surface area contributed by atoms with Crippen molar-refractivity contribution in [2.45, 2.75) is 61.3 Å². The highest BCUT2D eigenvalue weighted by molar-refractivity contribution is 4.88. The summed E-state index contributed by atoms with van der Waals surface area (Å²) in [5, 5.41) is 0. The van der Waals surface area contributed by atoms with Crippen molar-refractivity contribution < 1.29 is 0 Å². The largest absolute Gasteiger partial charge is 0.330 e. The lowest BCUT2D eigenvalue weighted by molar-refractivity contribution is 0.280. The summed E-state index contributed by atoms with van der Waals surface area (Å²) in [6.07, 6.45) is 2.52. The Hall–Kier alpha value is -0.0800. The minimum absolute atomic E-state index is 0.453. The van der Waals surface area contributed by atoms with Gasteiger partial charge in [0, 0.05) is 6.54 Å². The van der Waals surface area contributed by atoms with Crippen LogP contribution in [0.4, 0.5) is 0 Å². The van der Waals surface area contributed by atoms with Gasteiger partial charge in [0.2, 0.25) is 0 Å². The van der Waals surface area contributed by atoms with Crippen molar-refractivity contribution >= 4 is 0 Å².